The zero-order valence-electron chi connectivity index (χ0n) is 21.8. The number of fused-ring (bicyclic) bond motifs is 9. The van der Waals surface area contributed by atoms with E-state index >= 15 is 0 Å². The molecular weight excluding hydrogens is 504 g/mol. The Hall–Kier alpha value is -5.79. The summed E-state index contributed by atoms with van der Waals surface area (Å²) in [6, 6.07) is 43.7. The Morgan fingerprint density at radius 2 is 1.22 bits per heavy atom. The molecule has 0 saturated carbocycles. The van der Waals surface area contributed by atoms with Crippen molar-refractivity contribution in [2.24, 2.45) is 0 Å². The van der Waals surface area contributed by atoms with Crippen LogP contribution in [-0.2, 0) is 0 Å². The molecular formula is C37H20N2O2. The van der Waals surface area contributed by atoms with Crippen LogP contribution in [0.15, 0.2) is 130 Å². The third-order valence-corrected chi connectivity index (χ3v) is 8.23. The molecule has 0 fully saturated rings. The summed E-state index contributed by atoms with van der Waals surface area (Å²) in [5.74, 6) is 0. The highest BCUT2D eigenvalue weighted by Crippen LogP contribution is 2.40. The van der Waals surface area contributed by atoms with Crippen molar-refractivity contribution in [2.45, 2.75) is 0 Å². The number of aromatic nitrogens is 1. The van der Waals surface area contributed by atoms with Gasteiger partial charge in [0, 0.05) is 32.3 Å². The SMILES string of the molecule is N#Cc1ccc2c(c1)c1ccccc1n2-c1cccc2c1oc1ccc(-c3ccc4c(c3)oc3ccccc34)cc12. The highest BCUT2D eigenvalue weighted by Gasteiger charge is 2.18. The molecule has 0 atom stereocenters. The predicted octanol–water partition coefficient (Wildman–Crippen LogP) is 10.1. The Bertz CT molecular complexity index is 2550. The van der Waals surface area contributed by atoms with Gasteiger partial charge in [0.2, 0.25) is 0 Å². The zero-order valence-corrected chi connectivity index (χ0v) is 21.8. The Kier molecular flexibility index (Phi) is 4.37. The van der Waals surface area contributed by atoms with Crippen molar-refractivity contribution in [3.63, 3.8) is 0 Å². The Balaban J connectivity index is 1.26. The largest absolute Gasteiger partial charge is 0.456 e. The molecule has 0 N–H and O–H groups in total. The summed E-state index contributed by atoms with van der Waals surface area (Å²) in [7, 11) is 0. The lowest BCUT2D eigenvalue weighted by molar-refractivity contribution is 0.666. The quantitative estimate of drug-likeness (QED) is 0.226. The van der Waals surface area contributed by atoms with Crippen LogP contribution in [0.1, 0.15) is 5.56 Å². The molecule has 9 rings (SSSR count). The Morgan fingerprint density at radius 3 is 2.15 bits per heavy atom. The van der Waals surface area contributed by atoms with E-state index in [9.17, 15) is 5.26 Å². The second kappa shape index (κ2) is 8.11. The monoisotopic (exact) mass is 524 g/mol. The summed E-state index contributed by atoms with van der Waals surface area (Å²) in [6.45, 7) is 0. The molecule has 3 heterocycles. The number of nitrogens with zero attached hydrogens (tertiary/aromatic N) is 2. The van der Waals surface area contributed by atoms with E-state index in [1.54, 1.807) is 0 Å². The first-order valence-electron chi connectivity index (χ1n) is 13.6. The molecule has 41 heavy (non-hydrogen) atoms. The molecule has 4 nitrogen and oxygen atoms in total. The summed E-state index contributed by atoms with van der Waals surface area (Å²) >= 11 is 0. The van der Waals surface area contributed by atoms with E-state index in [0.717, 1.165) is 82.5 Å². The van der Waals surface area contributed by atoms with Gasteiger partial charge >= 0.3 is 0 Å². The van der Waals surface area contributed by atoms with Crippen LogP contribution in [-0.4, -0.2) is 4.57 Å². The van der Waals surface area contributed by atoms with Crippen molar-refractivity contribution in [3.05, 3.63) is 127 Å². The van der Waals surface area contributed by atoms with E-state index in [-0.39, 0.29) is 0 Å². The first-order valence-corrected chi connectivity index (χ1v) is 13.6. The maximum Gasteiger partial charge on any atom is 0.159 e. The minimum atomic E-state index is 0.649. The zero-order chi connectivity index (χ0) is 27.1. The molecule has 190 valence electrons. The standard InChI is InChI=1S/C37H20N2O2/c38-21-22-12-16-32-29(18-22)25-6-1-3-9-31(25)39(32)33-10-5-8-28-30-19-23(14-17-35(30)41-37(28)33)24-13-15-27-26-7-2-4-11-34(26)40-36(27)20-24/h1-20H. The summed E-state index contributed by atoms with van der Waals surface area (Å²) in [4.78, 5) is 0. The molecule has 0 aliphatic carbocycles. The lowest BCUT2D eigenvalue weighted by atomic mass is 10.0. The summed E-state index contributed by atoms with van der Waals surface area (Å²) < 4.78 is 15.0. The van der Waals surface area contributed by atoms with Crippen LogP contribution in [0.5, 0.6) is 0 Å². The Labute approximate surface area is 233 Å². The normalized spacial score (nSPS) is 11.9. The topological polar surface area (TPSA) is 55.0 Å². The van der Waals surface area contributed by atoms with Crippen LogP contribution in [0.25, 0.3) is 82.5 Å². The lowest BCUT2D eigenvalue weighted by Gasteiger charge is -2.08. The van der Waals surface area contributed by atoms with Crippen LogP contribution in [0.4, 0.5) is 0 Å². The van der Waals surface area contributed by atoms with Gasteiger partial charge in [0.15, 0.2) is 5.58 Å². The van der Waals surface area contributed by atoms with Gasteiger partial charge in [-0.05, 0) is 71.8 Å². The second-order valence-electron chi connectivity index (χ2n) is 10.5. The van der Waals surface area contributed by atoms with Crippen molar-refractivity contribution >= 4 is 65.7 Å². The van der Waals surface area contributed by atoms with E-state index < -0.39 is 0 Å². The molecule has 0 aliphatic rings. The van der Waals surface area contributed by atoms with Crippen LogP contribution >= 0.6 is 0 Å². The van der Waals surface area contributed by atoms with Gasteiger partial charge in [-0.2, -0.15) is 5.26 Å². The number of rotatable bonds is 2. The minimum absolute atomic E-state index is 0.649. The van der Waals surface area contributed by atoms with Gasteiger partial charge < -0.3 is 13.4 Å². The first-order chi connectivity index (χ1) is 20.3. The highest BCUT2D eigenvalue weighted by molar-refractivity contribution is 6.13. The van der Waals surface area contributed by atoms with Crippen LogP contribution < -0.4 is 0 Å². The van der Waals surface area contributed by atoms with Crippen LogP contribution in [0, 0.1) is 11.3 Å². The molecule has 3 aromatic heterocycles. The van der Waals surface area contributed by atoms with Crippen molar-refractivity contribution in [3.8, 4) is 22.9 Å². The molecule has 9 aromatic rings. The van der Waals surface area contributed by atoms with Gasteiger partial charge in [0.05, 0.1) is 28.4 Å². The lowest BCUT2D eigenvalue weighted by Crippen LogP contribution is -1.94. The molecule has 0 unspecified atom stereocenters. The second-order valence-corrected chi connectivity index (χ2v) is 10.5. The maximum absolute atomic E-state index is 9.53. The van der Waals surface area contributed by atoms with Crippen molar-refractivity contribution in [1.82, 2.24) is 4.57 Å². The fourth-order valence-corrected chi connectivity index (χ4v) is 6.35. The molecule has 0 amide bonds. The van der Waals surface area contributed by atoms with Gasteiger partial charge in [-0.25, -0.2) is 0 Å². The van der Waals surface area contributed by atoms with Gasteiger partial charge in [-0.3, -0.25) is 0 Å². The number of furan rings is 2. The molecule has 0 radical (unpaired) electrons. The number of benzene rings is 6. The molecule has 0 aliphatic heterocycles. The number of para-hydroxylation sites is 3. The minimum Gasteiger partial charge on any atom is -0.456 e. The predicted molar refractivity (Wildman–Crippen MR) is 165 cm³/mol. The van der Waals surface area contributed by atoms with Crippen molar-refractivity contribution in [1.29, 1.82) is 5.26 Å². The number of hydrogen-bond donors (Lipinski definition) is 0. The summed E-state index contributed by atoms with van der Waals surface area (Å²) in [6.07, 6.45) is 0. The molecule has 0 spiro atoms. The van der Waals surface area contributed by atoms with Gasteiger partial charge in [0.1, 0.15) is 16.7 Å². The molecule has 0 saturated heterocycles. The molecule has 4 heteroatoms. The fraction of sp³-hybridized carbons (Fsp3) is 0. The third kappa shape index (κ3) is 3.09. The van der Waals surface area contributed by atoms with Crippen molar-refractivity contribution < 1.29 is 8.83 Å². The summed E-state index contributed by atoms with van der Waals surface area (Å²) in [5.41, 5.74) is 9.40. The third-order valence-electron chi connectivity index (χ3n) is 8.23. The van der Waals surface area contributed by atoms with E-state index in [2.05, 4.69) is 83.4 Å². The van der Waals surface area contributed by atoms with E-state index in [4.69, 9.17) is 8.83 Å². The van der Waals surface area contributed by atoms with Gasteiger partial charge in [-0.1, -0.05) is 60.7 Å². The van der Waals surface area contributed by atoms with E-state index in [1.807, 2.05) is 48.5 Å². The van der Waals surface area contributed by atoms with E-state index in [1.165, 1.54) is 0 Å². The van der Waals surface area contributed by atoms with Gasteiger partial charge in [0.25, 0.3) is 0 Å². The molecule has 0 bridgehead atoms. The van der Waals surface area contributed by atoms with Crippen LogP contribution in [0.2, 0.25) is 0 Å². The van der Waals surface area contributed by atoms with Crippen LogP contribution in [0.3, 0.4) is 0 Å². The van der Waals surface area contributed by atoms with Gasteiger partial charge in [-0.15, -0.1) is 0 Å². The Morgan fingerprint density at radius 1 is 0.488 bits per heavy atom. The summed E-state index contributed by atoms with van der Waals surface area (Å²) in [5, 5.41) is 16.1. The average molecular weight is 525 g/mol. The smallest absolute Gasteiger partial charge is 0.159 e. The number of hydrogen-bond acceptors (Lipinski definition) is 3. The maximum atomic E-state index is 9.53. The average Bonchev–Trinajstić information content (AvgIpc) is 3.69. The fourth-order valence-electron chi connectivity index (χ4n) is 6.35. The molecule has 6 aromatic carbocycles. The number of nitriles is 1. The first kappa shape index (κ1) is 22.1. The highest BCUT2D eigenvalue weighted by atomic mass is 16.3. The van der Waals surface area contributed by atoms with Crippen molar-refractivity contribution in [2.75, 3.05) is 0 Å². The van der Waals surface area contributed by atoms with E-state index in [0.29, 0.717) is 5.56 Å².